The fraction of sp³-hybridized carbons (Fsp3) is 0.714. The van der Waals surface area contributed by atoms with E-state index in [2.05, 4.69) is 0 Å². The van der Waals surface area contributed by atoms with Crippen molar-refractivity contribution in [1.29, 1.82) is 0 Å². The van der Waals surface area contributed by atoms with E-state index in [1.54, 1.807) is 13.2 Å². The number of aromatic hydroxyl groups is 1. The molecule has 0 amide bonds. The third-order valence-electron chi connectivity index (χ3n) is 5.07. The van der Waals surface area contributed by atoms with E-state index in [9.17, 15) is 5.11 Å². The fourth-order valence-corrected chi connectivity index (χ4v) is 3.51. The van der Waals surface area contributed by atoms with Gasteiger partial charge in [0.2, 0.25) is 0 Å². The molecule has 1 heterocycles. The van der Waals surface area contributed by atoms with E-state index < -0.39 is 5.79 Å². The molecule has 2 N–H and O–H groups in total. The quantitative estimate of drug-likeness (QED) is 0.512. The van der Waals surface area contributed by atoms with Gasteiger partial charge in [0, 0.05) is 19.4 Å². The van der Waals surface area contributed by atoms with Gasteiger partial charge in [-0.2, -0.15) is 0 Å². The number of aliphatic hydroxyl groups is 1. The van der Waals surface area contributed by atoms with E-state index in [0.29, 0.717) is 25.6 Å². The van der Waals surface area contributed by atoms with Crippen LogP contribution in [0, 0.1) is 0 Å². The lowest BCUT2D eigenvalue weighted by Crippen LogP contribution is -2.30. The molecule has 1 fully saturated rings. The predicted molar refractivity (Wildman–Crippen MR) is 102 cm³/mol. The van der Waals surface area contributed by atoms with E-state index in [1.165, 1.54) is 25.7 Å². The summed E-state index contributed by atoms with van der Waals surface area (Å²) in [4.78, 5) is 0. The van der Waals surface area contributed by atoms with Crippen molar-refractivity contribution in [2.45, 2.75) is 70.0 Å². The SMILES string of the molecule is COc1cc(CCC2(CCCCCCCCCO)OCCO2)ccc1O. The molecule has 0 aromatic heterocycles. The molecule has 0 spiro atoms. The van der Waals surface area contributed by atoms with Crippen LogP contribution >= 0.6 is 0 Å². The first-order chi connectivity index (χ1) is 12.7. The lowest BCUT2D eigenvalue weighted by molar-refractivity contribution is -0.167. The Morgan fingerprint density at radius 1 is 0.962 bits per heavy atom. The van der Waals surface area contributed by atoms with E-state index in [4.69, 9.17) is 19.3 Å². The summed E-state index contributed by atoms with van der Waals surface area (Å²) in [6.45, 7) is 1.64. The molecule has 26 heavy (non-hydrogen) atoms. The molecule has 5 heteroatoms. The van der Waals surface area contributed by atoms with Gasteiger partial charge in [0.15, 0.2) is 17.3 Å². The first-order valence-electron chi connectivity index (χ1n) is 9.94. The second-order valence-corrected chi connectivity index (χ2v) is 7.06. The molecule has 0 bridgehead atoms. The molecule has 0 aliphatic carbocycles. The van der Waals surface area contributed by atoms with Crippen LogP contribution in [0.5, 0.6) is 11.5 Å². The molecule has 1 aliphatic rings. The van der Waals surface area contributed by atoms with Gasteiger partial charge in [0.25, 0.3) is 0 Å². The minimum atomic E-state index is -0.456. The average Bonchev–Trinajstić information content (AvgIpc) is 3.12. The summed E-state index contributed by atoms with van der Waals surface area (Å²) in [6.07, 6.45) is 10.6. The molecule has 2 rings (SSSR count). The molecule has 1 aromatic carbocycles. The average molecular weight is 366 g/mol. The van der Waals surface area contributed by atoms with Crippen molar-refractivity contribution in [3.05, 3.63) is 23.8 Å². The Kier molecular flexibility index (Phi) is 9.23. The minimum Gasteiger partial charge on any atom is -0.504 e. The molecule has 0 radical (unpaired) electrons. The largest absolute Gasteiger partial charge is 0.504 e. The number of benzene rings is 1. The van der Waals surface area contributed by atoms with Crippen LogP contribution < -0.4 is 4.74 Å². The van der Waals surface area contributed by atoms with Gasteiger partial charge in [-0.15, -0.1) is 0 Å². The predicted octanol–water partition coefficient (Wildman–Crippen LogP) is 4.19. The second-order valence-electron chi connectivity index (χ2n) is 7.06. The highest BCUT2D eigenvalue weighted by atomic mass is 16.7. The van der Waals surface area contributed by atoms with Crippen molar-refractivity contribution in [2.75, 3.05) is 26.9 Å². The van der Waals surface area contributed by atoms with Gasteiger partial charge in [-0.3, -0.25) is 0 Å². The zero-order valence-corrected chi connectivity index (χ0v) is 16.0. The zero-order valence-electron chi connectivity index (χ0n) is 16.0. The Labute approximate surface area is 157 Å². The maximum Gasteiger partial charge on any atom is 0.168 e. The molecule has 1 aliphatic heterocycles. The van der Waals surface area contributed by atoms with Crippen LogP contribution in [-0.4, -0.2) is 42.9 Å². The number of hydrogen-bond donors (Lipinski definition) is 2. The summed E-state index contributed by atoms with van der Waals surface area (Å²) in [6, 6.07) is 5.48. The first kappa shape index (κ1) is 21.0. The van der Waals surface area contributed by atoms with Gasteiger partial charge >= 0.3 is 0 Å². The normalized spacial score (nSPS) is 16.1. The molecular weight excluding hydrogens is 332 g/mol. The molecule has 0 saturated carbocycles. The molecule has 1 aromatic rings. The molecular formula is C21H34O5. The molecule has 0 atom stereocenters. The Bertz CT molecular complexity index is 511. The van der Waals surface area contributed by atoms with Gasteiger partial charge in [-0.1, -0.05) is 38.2 Å². The van der Waals surface area contributed by atoms with E-state index in [-0.39, 0.29) is 5.75 Å². The van der Waals surface area contributed by atoms with Crippen molar-refractivity contribution in [1.82, 2.24) is 0 Å². The Morgan fingerprint density at radius 3 is 2.27 bits per heavy atom. The topological polar surface area (TPSA) is 68.2 Å². The number of ether oxygens (including phenoxy) is 3. The summed E-state index contributed by atoms with van der Waals surface area (Å²) >= 11 is 0. The molecule has 148 valence electrons. The van der Waals surface area contributed by atoms with Crippen LogP contribution in [0.1, 0.15) is 63.4 Å². The number of phenolic OH excluding ortho intramolecular Hbond substituents is 1. The number of aliphatic hydroxyl groups excluding tert-OH is 1. The number of rotatable bonds is 13. The second kappa shape index (κ2) is 11.4. The summed E-state index contributed by atoms with van der Waals surface area (Å²) in [5.41, 5.74) is 1.11. The maximum atomic E-state index is 9.71. The molecule has 0 unspecified atom stereocenters. The van der Waals surface area contributed by atoms with Crippen LogP contribution in [-0.2, 0) is 15.9 Å². The number of hydrogen-bond acceptors (Lipinski definition) is 5. The van der Waals surface area contributed by atoms with Crippen molar-refractivity contribution in [3.63, 3.8) is 0 Å². The Hall–Kier alpha value is -1.30. The summed E-state index contributed by atoms with van der Waals surface area (Å²) in [7, 11) is 1.56. The van der Waals surface area contributed by atoms with Gasteiger partial charge in [0.05, 0.1) is 20.3 Å². The standard InChI is InChI=1S/C21H34O5/c1-24-20-17-18(9-10-19(20)23)11-13-21(25-15-16-26-21)12-7-5-3-2-4-6-8-14-22/h9-10,17,22-23H,2-8,11-16H2,1H3. The van der Waals surface area contributed by atoms with Crippen molar-refractivity contribution >= 4 is 0 Å². The highest BCUT2D eigenvalue weighted by molar-refractivity contribution is 5.41. The van der Waals surface area contributed by atoms with Crippen LogP contribution in [0.15, 0.2) is 18.2 Å². The lowest BCUT2D eigenvalue weighted by atomic mass is 9.98. The maximum absolute atomic E-state index is 9.71. The van der Waals surface area contributed by atoms with Gasteiger partial charge in [0.1, 0.15) is 0 Å². The van der Waals surface area contributed by atoms with E-state index in [1.807, 2.05) is 12.1 Å². The lowest BCUT2D eigenvalue weighted by Gasteiger charge is -2.27. The van der Waals surface area contributed by atoms with Crippen LogP contribution in [0.4, 0.5) is 0 Å². The third kappa shape index (κ3) is 6.78. The smallest absolute Gasteiger partial charge is 0.168 e. The van der Waals surface area contributed by atoms with Gasteiger partial charge < -0.3 is 24.4 Å². The van der Waals surface area contributed by atoms with Crippen molar-refractivity contribution in [3.8, 4) is 11.5 Å². The van der Waals surface area contributed by atoms with Crippen molar-refractivity contribution < 1.29 is 24.4 Å². The highest BCUT2D eigenvalue weighted by Crippen LogP contribution is 2.33. The van der Waals surface area contributed by atoms with E-state index >= 15 is 0 Å². The Balaban J connectivity index is 1.73. The third-order valence-corrected chi connectivity index (χ3v) is 5.07. The first-order valence-corrected chi connectivity index (χ1v) is 9.94. The Morgan fingerprint density at radius 2 is 1.62 bits per heavy atom. The van der Waals surface area contributed by atoms with Crippen LogP contribution in [0.3, 0.4) is 0 Å². The molecule has 1 saturated heterocycles. The monoisotopic (exact) mass is 366 g/mol. The number of methoxy groups -OCH3 is 1. The van der Waals surface area contributed by atoms with Crippen molar-refractivity contribution in [2.24, 2.45) is 0 Å². The highest BCUT2D eigenvalue weighted by Gasteiger charge is 2.35. The van der Waals surface area contributed by atoms with Crippen LogP contribution in [0.2, 0.25) is 0 Å². The fourth-order valence-electron chi connectivity index (χ4n) is 3.51. The summed E-state index contributed by atoms with van der Waals surface area (Å²) in [5, 5.41) is 18.5. The molecule has 5 nitrogen and oxygen atoms in total. The number of aryl methyl sites for hydroxylation is 1. The van der Waals surface area contributed by atoms with E-state index in [0.717, 1.165) is 44.1 Å². The van der Waals surface area contributed by atoms with Gasteiger partial charge in [-0.05, 0) is 37.0 Å². The van der Waals surface area contributed by atoms with Gasteiger partial charge in [-0.25, -0.2) is 0 Å². The zero-order chi connectivity index (χ0) is 18.7. The number of phenols is 1. The summed E-state index contributed by atoms with van der Waals surface area (Å²) in [5.74, 6) is 0.214. The minimum absolute atomic E-state index is 0.165. The number of unbranched alkanes of at least 4 members (excludes halogenated alkanes) is 6. The van der Waals surface area contributed by atoms with Crippen LogP contribution in [0.25, 0.3) is 0 Å². The summed E-state index contributed by atoms with van der Waals surface area (Å²) < 4.78 is 17.1.